The van der Waals surface area contributed by atoms with Gasteiger partial charge in [0.25, 0.3) is 0 Å². The summed E-state index contributed by atoms with van der Waals surface area (Å²) in [7, 11) is 0. The van der Waals surface area contributed by atoms with Crippen molar-refractivity contribution in [3.63, 3.8) is 0 Å². The lowest BCUT2D eigenvalue weighted by molar-refractivity contribution is -0.143. The predicted molar refractivity (Wildman–Crippen MR) is 96.1 cm³/mol. The van der Waals surface area contributed by atoms with E-state index >= 15 is 0 Å². The van der Waals surface area contributed by atoms with Gasteiger partial charge in [-0.1, -0.05) is 31.2 Å². The number of likely N-dealkylation sites (tertiary alicyclic amines) is 1. The highest BCUT2D eigenvalue weighted by Crippen LogP contribution is 2.60. The molecule has 0 bridgehead atoms. The fourth-order valence-corrected chi connectivity index (χ4v) is 5.94. The molecule has 1 saturated heterocycles. The minimum Gasteiger partial charge on any atom is -0.342 e. The molecule has 3 heteroatoms. The molecule has 5 rings (SSSR count). The van der Waals surface area contributed by atoms with Crippen molar-refractivity contribution in [1.29, 1.82) is 0 Å². The van der Waals surface area contributed by atoms with Crippen molar-refractivity contribution < 1.29 is 9.59 Å². The number of fused-ring (bicyclic) bond motifs is 1. The number of nitrogens with zero attached hydrogens (tertiary/aromatic N) is 1. The van der Waals surface area contributed by atoms with Crippen LogP contribution in [0.2, 0.25) is 0 Å². The van der Waals surface area contributed by atoms with Crippen LogP contribution in [-0.4, -0.2) is 29.7 Å². The highest BCUT2D eigenvalue weighted by molar-refractivity contribution is 5.84. The lowest BCUT2D eigenvalue weighted by Crippen LogP contribution is -2.46. The highest BCUT2D eigenvalue weighted by atomic mass is 16.2. The van der Waals surface area contributed by atoms with E-state index in [2.05, 4.69) is 36.1 Å². The van der Waals surface area contributed by atoms with E-state index in [0.29, 0.717) is 29.4 Å². The van der Waals surface area contributed by atoms with E-state index in [-0.39, 0.29) is 11.3 Å². The second-order valence-corrected chi connectivity index (χ2v) is 9.01. The zero-order valence-electron chi connectivity index (χ0n) is 15.0. The number of Topliss-reactive ketones (excluding diaryl/α,β-unsaturated/α-hetero) is 1. The topological polar surface area (TPSA) is 37.4 Å². The number of piperidine rings is 1. The largest absolute Gasteiger partial charge is 0.342 e. The Hall–Kier alpha value is -1.64. The summed E-state index contributed by atoms with van der Waals surface area (Å²) in [5.74, 6) is 3.01. The van der Waals surface area contributed by atoms with Crippen LogP contribution in [0.1, 0.15) is 56.1 Å². The molecule has 3 aliphatic carbocycles. The monoisotopic (exact) mass is 337 g/mol. The second kappa shape index (κ2) is 5.43. The van der Waals surface area contributed by atoms with Crippen LogP contribution in [0.3, 0.4) is 0 Å². The molecule has 4 aliphatic rings. The van der Waals surface area contributed by atoms with Crippen molar-refractivity contribution in [1.82, 2.24) is 4.90 Å². The summed E-state index contributed by atoms with van der Waals surface area (Å²) in [6, 6.07) is 9.09. The molecule has 1 unspecified atom stereocenters. The highest BCUT2D eigenvalue weighted by Gasteiger charge is 2.59. The van der Waals surface area contributed by atoms with Crippen LogP contribution in [0.4, 0.5) is 0 Å². The molecule has 4 fully saturated rings. The van der Waals surface area contributed by atoms with Gasteiger partial charge in [-0.2, -0.15) is 0 Å². The number of carbonyl (C=O) groups is 2. The Morgan fingerprint density at radius 1 is 1.16 bits per heavy atom. The molecular formula is C22H27NO2. The summed E-state index contributed by atoms with van der Waals surface area (Å²) < 4.78 is 0. The van der Waals surface area contributed by atoms with Crippen molar-refractivity contribution in [3.8, 4) is 0 Å². The molecule has 0 aromatic heterocycles. The van der Waals surface area contributed by atoms with Gasteiger partial charge < -0.3 is 4.90 Å². The van der Waals surface area contributed by atoms with Crippen molar-refractivity contribution in [2.45, 2.75) is 51.4 Å². The number of rotatable bonds is 3. The first kappa shape index (κ1) is 15.6. The average Bonchev–Trinajstić information content (AvgIpc) is 2.94. The number of carbonyl (C=O) groups excluding carboxylic acids is 2. The van der Waals surface area contributed by atoms with Gasteiger partial charge in [0.1, 0.15) is 5.78 Å². The van der Waals surface area contributed by atoms with Crippen molar-refractivity contribution in [3.05, 3.63) is 35.4 Å². The lowest BCUT2D eigenvalue weighted by Gasteiger charge is -2.45. The standard InChI is InChI=1S/C22H27NO2/c1-2-14-3-5-15(6-4-14)20-18-12-23(13-19(18)20)21(25)16-9-22(10-16)8-7-17(24)11-22/h3-6,16,18-20H,2,7-13H2,1H3/t16?,18-,19+,20?,22?. The van der Waals surface area contributed by atoms with Crippen LogP contribution >= 0.6 is 0 Å². The van der Waals surface area contributed by atoms with Gasteiger partial charge in [0.15, 0.2) is 0 Å². The normalized spacial score (nSPS) is 38.8. The van der Waals surface area contributed by atoms with E-state index in [1.807, 2.05) is 0 Å². The first-order valence-corrected chi connectivity index (χ1v) is 9.98. The molecule has 132 valence electrons. The van der Waals surface area contributed by atoms with Gasteiger partial charge in [0.2, 0.25) is 5.91 Å². The van der Waals surface area contributed by atoms with E-state index in [1.54, 1.807) is 0 Å². The molecule has 0 radical (unpaired) electrons. The number of benzene rings is 1. The Balaban J connectivity index is 1.16. The third-order valence-corrected chi connectivity index (χ3v) is 7.49. The molecular weight excluding hydrogens is 310 g/mol. The average molecular weight is 337 g/mol. The van der Waals surface area contributed by atoms with Crippen LogP contribution in [0.15, 0.2) is 24.3 Å². The summed E-state index contributed by atoms with van der Waals surface area (Å²) in [6.07, 6.45) is 5.52. The van der Waals surface area contributed by atoms with Gasteiger partial charge in [-0.15, -0.1) is 0 Å². The van der Waals surface area contributed by atoms with Crippen LogP contribution in [-0.2, 0) is 16.0 Å². The molecule has 1 spiro atoms. The molecule has 1 amide bonds. The van der Waals surface area contributed by atoms with Crippen molar-refractivity contribution in [2.75, 3.05) is 13.1 Å². The number of aryl methyl sites for hydroxylation is 1. The molecule has 3 saturated carbocycles. The van der Waals surface area contributed by atoms with E-state index in [0.717, 1.165) is 51.6 Å². The van der Waals surface area contributed by atoms with Gasteiger partial charge in [-0.05, 0) is 60.0 Å². The second-order valence-electron chi connectivity index (χ2n) is 9.01. The molecule has 1 aromatic rings. The first-order chi connectivity index (χ1) is 12.1. The Bertz CT molecular complexity index is 704. The minimum absolute atomic E-state index is 0.200. The van der Waals surface area contributed by atoms with Gasteiger partial charge in [0.05, 0.1) is 0 Å². The van der Waals surface area contributed by atoms with E-state index in [9.17, 15) is 9.59 Å². The molecule has 3 nitrogen and oxygen atoms in total. The van der Waals surface area contributed by atoms with Gasteiger partial charge >= 0.3 is 0 Å². The third-order valence-electron chi connectivity index (χ3n) is 7.49. The van der Waals surface area contributed by atoms with Crippen LogP contribution in [0.5, 0.6) is 0 Å². The van der Waals surface area contributed by atoms with Gasteiger partial charge in [0, 0.05) is 31.8 Å². The Labute approximate surface area is 149 Å². The SMILES string of the molecule is CCc1ccc(C2[C@H]3CN(C(=O)C4CC5(CCC(=O)C5)C4)C[C@@H]23)cc1. The maximum atomic E-state index is 12.8. The molecule has 3 atom stereocenters. The predicted octanol–water partition coefficient (Wildman–Crippen LogP) is 3.57. The molecule has 25 heavy (non-hydrogen) atoms. The van der Waals surface area contributed by atoms with E-state index in [4.69, 9.17) is 0 Å². The maximum absolute atomic E-state index is 12.8. The summed E-state index contributed by atoms with van der Waals surface area (Å²) >= 11 is 0. The number of ketones is 1. The number of amides is 1. The van der Waals surface area contributed by atoms with Crippen LogP contribution < -0.4 is 0 Å². The quantitative estimate of drug-likeness (QED) is 0.845. The Morgan fingerprint density at radius 2 is 1.84 bits per heavy atom. The van der Waals surface area contributed by atoms with Gasteiger partial charge in [-0.3, -0.25) is 9.59 Å². The molecule has 1 aromatic carbocycles. The van der Waals surface area contributed by atoms with Crippen LogP contribution in [0, 0.1) is 23.2 Å². The summed E-state index contributed by atoms with van der Waals surface area (Å²) in [4.78, 5) is 26.5. The van der Waals surface area contributed by atoms with E-state index < -0.39 is 0 Å². The van der Waals surface area contributed by atoms with E-state index in [1.165, 1.54) is 11.1 Å². The summed E-state index contributed by atoms with van der Waals surface area (Å²) in [5, 5.41) is 0. The fourth-order valence-electron chi connectivity index (χ4n) is 5.94. The lowest BCUT2D eigenvalue weighted by atomic mass is 9.60. The zero-order valence-corrected chi connectivity index (χ0v) is 15.0. The molecule has 1 aliphatic heterocycles. The molecule has 0 N–H and O–H groups in total. The summed E-state index contributed by atoms with van der Waals surface area (Å²) in [5.41, 5.74) is 3.07. The fraction of sp³-hybridized carbons (Fsp3) is 0.636. The third kappa shape index (κ3) is 2.46. The zero-order chi connectivity index (χ0) is 17.2. The maximum Gasteiger partial charge on any atom is 0.225 e. The van der Waals surface area contributed by atoms with Crippen LogP contribution in [0.25, 0.3) is 0 Å². The Morgan fingerprint density at radius 3 is 2.40 bits per heavy atom. The Kier molecular flexibility index (Phi) is 3.39. The minimum atomic E-state index is 0.200. The van der Waals surface area contributed by atoms with Crippen molar-refractivity contribution in [2.24, 2.45) is 23.2 Å². The van der Waals surface area contributed by atoms with Crippen molar-refractivity contribution >= 4 is 11.7 Å². The number of hydrogen-bond donors (Lipinski definition) is 0. The first-order valence-electron chi connectivity index (χ1n) is 9.98. The smallest absolute Gasteiger partial charge is 0.225 e. The molecule has 1 heterocycles. The summed E-state index contributed by atoms with van der Waals surface area (Å²) in [6.45, 7) is 4.09. The van der Waals surface area contributed by atoms with Gasteiger partial charge in [-0.25, -0.2) is 0 Å². The number of hydrogen-bond acceptors (Lipinski definition) is 2.